The van der Waals surface area contributed by atoms with E-state index in [1.807, 2.05) is 0 Å². The summed E-state index contributed by atoms with van der Waals surface area (Å²) in [6.07, 6.45) is 7.57. The highest BCUT2D eigenvalue weighted by Gasteiger charge is 2.20. The zero-order valence-electron chi connectivity index (χ0n) is 10.9. The summed E-state index contributed by atoms with van der Waals surface area (Å²) in [5.41, 5.74) is 2.90. The molecule has 5 heteroatoms. The third-order valence-electron chi connectivity index (χ3n) is 2.94. The molecule has 0 aromatic heterocycles. The van der Waals surface area contributed by atoms with Crippen molar-refractivity contribution in [2.45, 2.75) is 25.8 Å². The third kappa shape index (κ3) is 5.43. The molecule has 104 valence electrons. The van der Waals surface area contributed by atoms with E-state index in [9.17, 15) is 13.0 Å². The fourth-order valence-corrected chi connectivity index (χ4v) is 1.95. The van der Waals surface area contributed by atoms with Crippen molar-refractivity contribution in [3.63, 3.8) is 0 Å². The molecule has 0 heterocycles. The first-order valence-electron chi connectivity index (χ1n) is 6.16. The van der Waals surface area contributed by atoms with Gasteiger partial charge in [-0.2, -0.15) is 0 Å². The zero-order valence-corrected chi connectivity index (χ0v) is 11.7. The predicted octanol–water partition coefficient (Wildman–Crippen LogP) is 1.45. The molecule has 1 aliphatic carbocycles. The van der Waals surface area contributed by atoms with Gasteiger partial charge in [0.1, 0.15) is 0 Å². The van der Waals surface area contributed by atoms with Crippen LogP contribution in [0.4, 0.5) is 0 Å². The van der Waals surface area contributed by atoms with E-state index < -0.39 is 10.1 Å². The van der Waals surface area contributed by atoms with Gasteiger partial charge < -0.3 is 4.55 Å². The largest absolute Gasteiger partial charge is 0.748 e. The molecule has 0 aliphatic heterocycles. The molecule has 0 fully saturated rings. The molecule has 0 amide bonds. The molecule has 2 rings (SSSR count). The molecule has 1 atom stereocenters. The molecule has 1 N–H and O–H groups in total. The van der Waals surface area contributed by atoms with E-state index in [0.29, 0.717) is 12.6 Å². The van der Waals surface area contributed by atoms with Crippen molar-refractivity contribution >= 4 is 10.1 Å². The van der Waals surface area contributed by atoms with Gasteiger partial charge in [0, 0.05) is 11.8 Å². The van der Waals surface area contributed by atoms with Crippen molar-refractivity contribution in [2.24, 2.45) is 0 Å². The van der Waals surface area contributed by atoms with E-state index in [1.165, 1.54) is 30.9 Å². The first-order chi connectivity index (χ1) is 8.98. The van der Waals surface area contributed by atoms with Gasteiger partial charge in [-0.1, -0.05) is 37.1 Å². The molecule has 0 saturated heterocycles. The van der Waals surface area contributed by atoms with Crippen LogP contribution >= 0.6 is 0 Å². The van der Waals surface area contributed by atoms with Gasteiger partial charge in [0.25, 0.3) is 0 Å². The number of fused-ring (bicyclic) bond motifs is 1. The van der Waals surface area contributed by atoms with E-state index in [0.717, 1.165) is 0 Å². The van der Waals surface area contributed by atoms with Crippen LogP contribution in [0.15, 0.2) is 24.3 Å². The van der Waals surface area contributed by atoms with Crippen molar-refractivity contribution in [1.29, 1.82) is 0 Å². The second-order valence-corrected chi connectivity index (χ2v) is 5.91. The lowest BCUT2D eigenvalue weighted by Crippen LogP contribution is -2.19. The van der Waals surface area contributed by atoms with Gasteiger partial charge in [-0.3, -0.25) is 5.32 Å². The molecule has 4 nitrogen and oxygen atoms in total. The molecule has 1 aromatic carbocycles. The topological polar surface area (TPSA) is 69.2 Å². The van der Waals surface area contributed by atoms with Crippen LogP contribution in [0.25, 0.3) is 0 Å². The Hall–Kier alpha value is -1.35. The average Bonchev–Trinajstić information content (AvgIpc) is 2.79. The van der Waals surface area contributed by atoms with Crippen LogP contribution < -0.4 is 5.32 Å². The maximum Gasteiger partial charge on any atom is 0.0943 e. The summed E-state index contributed by atoms with van der Waals surface area (Å²) >= 11 is 0. The molecule has 0 saturated carbocycles. The number of rotatable bonds is 3. The Balaban J connectivity index is 0.000000258. The zero-order chi connectivity index (χ0) is 14.3. The van der Waals surface area contributed by atoms with Crippen molar-refractivity contribution in [3.8, 4) is 12.3 Å². The van der Waals surface area contributed by atoms with E-state index in [2.05, 4.69) is 35.5 Å². The van der Waals surface area contributed by atoms with Crippen molar-refractivity contribution in [1.82, 2.24) is 5.32 Å². The number of hydrogen-bond acceptors (Lipinski definition) is 4. The van der Waals surface area contributed by atoms with Gasteiger partial charge in [-0.25, -0.2) is 8.42 Å². The third-order valence-corrected chi connectivity index (χ3v) is 3.64. The predicted molar refractivity (Wildman–Crippen MR) is 74.6 cm³/mol. The van der Waals surface area contributed by atoms with Crippen molar-refractivity contribution in [3.05, 3.63) is 35.4 Å². The van der Waals surface area contributed by atoms with Crippen molar-refractivity contribution in [2.75, 3.05) is 12.3 Å². The molecule has 1 aromatic rings. The summed E-state index contributed by atoms with van der Waals surface area (Å²) in [6, 6.07) is 9.06. The Labute approximate surface area is 115 Å². The Morgan fingerprint density at radius 2 is 2.11 bits per heavy atom. The molecule has 19 heavy (non-hydrogen) atoms. The van der Waals surface area contributed by atoms with E-state index in [4.69, 9.17) is 6.42 Å². The second-order valence-electron chi connectivity index (χ2n) is 4.22. The number of aryl methyl sites for hydroxylation is 1. The minimum absolute atomic E-state index is 0.312. The van der Waals surface area contributed by atoms with Crippen molar-refractivity contribution < 1.29 is 13.0 Å². The second kappa shape index (κ2) is 7.29. The fraction of sp³-hybridized carbons (Fsp3) is 0.429. The smallest absolute Gasteiger partial charge is 0.0943 e. The Morgan fingerprint density at radius 3 is 2.68 bits per heavy atom. The number of benzene rings is 1. The summed E-state index contributed by atoms with van der Waals surface area (Å²) in [5, 5.41) is 3.35. The Kier molecular flexibility index (Phi) is 6.03. The highest BCUT2D eigenvalue weighted by Crippen LogP contribution is 2.30. The Bertz CT molecular complexity index is 546. The van der Waals surface area contributed by atoms with Crippen LogP contribution in [0.2, 0.25) is 0 Å². The lowest BCUT2D eigenvalue weighted by molar-refractivity contribution is 0.464. The molecule has 0 radical (unpaired) electrons. The van der Waals surface area contributed by atoms with Gasteiger partial charge in [-0.15, -0.1) is 6.42 Å². The molecule has 0 bridgehead atoms. The summed E-state index contributed by atoms with van der Waals surface area (Å²) < 4.78 is 28.3. The highest BCUT2D eigenvalue weighted by atomic mass is 32.2. The van der Waals surface area contributed by atoms with Gasteiger partial charge in [-0.05, 0) is 24.0 Å². The molecular formula is C14H18NO3S-. The van der Waals surface area contributed by atoms with Crippen LogP contribution in [0.1, 0.15) is 30.5 Å². The molecule has 1 aliphatic rings. The number of terminal acetylenes is 1. The van der Waals surface area contributed by atoms with E-state index in [-0.39, 0.29) is 5.75 Å². The summed E-state index contributed by atoms with van der Waals surface area (Å²) in [4.78, 5) is 0. The average molecular weight is 280 g/mol. The standard InChI is InChI=1S/C12H13N.C2H6O3S/c1-2-9-13-12-8-7-10-5-3-4-6-11(10)12;1-2-6(3,4)5/h1,3-6,12-13H,7-9H2;2H2,1H3,(H,3,4,5)/p-1. The van der Waals surface area contributed by atoms with Crippen LogP contribution in [-0.2, 0) is 16.5 Å². The quantitative estimate of drug-likeness (QED) is 0.672. The van der Waals surface area contributed by atoms with E-state index >= 15 is 0 Å². The van der Waals surface area contributed by atoms with Gasteiger partial charge in [0.05, 0.1) is 16.7 Å². The van der Waals surface area contributed by atoms with E-state index in [1.54, 1.807) is 0 Å². The van der Waals surface area contributed by atoms with Crippen LogP contribution in [0.3, 0.4) is 0 Å². The highest BCUT2D eigenvalue weighted by molar-refractivity contribution is 7.85. The Morgan fingerprint density at radius 1 is 1.47 bits per heavy atom. The van der Waals surface area contributed by atoms with Gasteiger partial charge >= 0.3 is 0 Å². The van der Waals surface area contributed by atoms with Gasteiger partial charge in [0.15, 0.2) is 0 Å². The lowest BCUT2D eigenvalue weighted by atomic mass is 10.1. The van der Waals surface area contributed by atoms with Gasteiger partial charge in [0.2, 0.25) is 0 Å². The summed E-state index contributed by atoms with van der Waals surface area (Å²) in [7, 11) is -3.91. The maximum absolute atomic E-state index is 9.44. The normalized spacial score (nSPS) is 17.0. The molecular weight excluding hydrogens is 262 g/mol. The minimum Gasteiger partial charge on any atom is -0.748 e. The molecule has 0 spiro atoms. The first-order valence-corrected chi connectivity index (χ1v) is 7.74. The SMILES string of the molecule is C#CCNC1CCc2ccccc21.CCS(=O)(=O)[O-]. The first kappa shape index (κ1) is 15.7. The maximum atomic E-state index is 9.44. The lowest BCUT2D eigenvalue weighted by Gasteiger charge is -2.10. The van der Waals surface area contributed by atoms with Crippen LogP contribution in [0.5, 0.6) is 0 Å². The summed E-state index contributed by atoms with van der Waals surface area (Å²) in [6.45, 7) is 1.97. The fourth-order valence-electron chi connectivity index (χ4n) is 1.95. The molecule has 1 unspecified atom stereocenters. The van der Waals surface area contributed by atoms with Crippen LogP contribution in [-0.4, -0.2) is 25.3 Å². The number of hydrogen-bond donors (Lipinski definition) is 1. The summed E-state index contributed by atoms with van der Waals surface area (Å²) in [5.74, 6) is 2.30. The monoisotopic (exact) mass is 280 g/mol. The minimum atomic E-state index is -3.91. The number of nitrogens with one attached hydrogen (secondary N) is 1. The van der Waals surface area contributed by atoms with Crippen LogP contribution in [0, 0.1) is 12.3 Å².